The molecule has 2 nitrogen and oxygen atoms in total. The fraction of sp³-hybridized carbons (Fsp3) is 0.750. The fourth-order valence-corrected chi connectivity index (χ4v) is 1.92. The van der Waals surface area contributed by atoms with Gasteiger partial charge in [0.1, 0.15) is 0 Å². The summed E-state index contributed by atoms with van der Waals surface area (Å²) < 4.78 is 0. The molecule has 0 bridgehead atoms. The van der Waals surface area contributed by atoms with E-state index >= 15 is 0 Å². The molecule has 0 amide bonds. The van der Waals surface area contributed by atoms with E-state index in [4.69, 9.17) is 0 Å². The highest BCUT2D eigenvalue weighted by Gasteiger charge is 2.72. The van der Waals surface area contributed by atoms with Gasteiger partial charge in [-0.05, 0) is 26.7 Å². The molecule has 2 rings (SSSR count). The van der Waals surface area contributed by atoms with E-state index in [1.807, 2.05) is 0 Å². The first-order chi connectivity index (χ1) is 4.52. The van der Waals surface area contributed by atoms with Crippen LogP contribution in [0.1, 0.15) is 26.7 Å². The lowest BCUT2D eigenvalue weighted by atomic mass is 9.59. The van der Waals surface area contributed by atoms with Crippen LogP contribution in [0.4, 0.5) is 0 Å². The number of carbonyl (C=O) groups excluding carboxylic acids is 2. The van der Waals surface area contributed by atoms with Crippen molar-refractivity contribution in [2.75, 3.05) is 0 Å². The molecule has 0 radical (unpaired) electrons. The van der Waals surface area contributed by atoms with Crippen molar-refractivity contribution in [3.63, 3.8) is 0 Å². The molecule has 1 spiro atoms. The largest absolute Gasteiger partial charge is 0.297 e. The Labute approximate surface area is 59.6 Å². The van der Waals surface area contributed by atoms with E-state index in [2.05, 4.69) is 0 Å². The standard InChI is InChI=1S/C8H10O2/c1-7(2)5(9)8(3-4-8)6(7)10/h3-4H2,1-2H3. The summed E-state index contributed by atoms with van der Waals surface area (Å²) in [5.41, 5.74) is -1.10. The molecule has 0 heterocycles. The number of hydrogen-bond acceptors (Lipinski definition) is 2. The number of rotatable bonds is 0. The first-order valence-electron chi connectivity index (χ1n) is 3.62. The Morgan fingerprint density at radius 1 is 1.10 bits per heavy atom. The molecule has 0 aromatic rings. The van der Waals surface area contributed by atoms with E-state index < -0.39 is 10.8 Å². The molecular weight excluding hydrogens is 128 g/mol. The average molecular weight is 138 g/mol. The zero-order valence-corrected chi connectivity index (χ0v) is 6.23. The topological polar surface area (TPSA) is 34.1 Å². The number of Topliss-reactive ketones (excluding diaryl/α,β-unsaturated/α-hetero) is 2. The Balaban J connectivity index is 2.38. The Bertz CT molecular complexity index is 204. The minimum atomic E-state index is -0.642. The van der Waals surface area contributed by atoms with Crippen molar-refractivity contribution >= 4 is 11.6 Å². The number of hydrogen-bond donors (Lipinski definition) is 0. The quantitative estimate of drug-likeness (QED) is 0.467. The van der Waals surface area contributed by atoms with E-state index in [1.165, 1.54) is 0 Å². The predicted molar refractivity (Wildman–Crippen MR) is 35.5 cm³/mol. The van der Waals surface area contributed by atoms with Gasteiger partial charge in [0.05, 0.1) is 10.8 Å². The molecular formula is C8H10O2. The average Bonchev–Trinajstić information content (AvgIpc) is 2.65. The van der Waals surface area contributed by atoms with Crippen LogP contribution in [0.25, 0.3) is 0 Å². The molecule has 0 aromatic carbocycles. The van der Waals surface area contributed by atoms with Crippen LogP contribution >= 0.6 is 0 Å². The molecule has 54 valence electrons. The molecule has 2 heteroatoms. The molecule has 2 fully saturated rings. The van der Waals surface area contributed by atoms with Crippen molar-refractivity contribution in [1.82, 2.24) is 0 Å². The lowest BCUT2D eigenvalue weighted by Crippen LogP contribution is -2.56. The van der Waals surface area contributed by atoms with E-state index in [9.17, 15) is 9.59 Å². The van der Waals surface area contributed by atoms with Crippen LogP contribution in [0.5, 0.6) is 0 Å². The zero-order valence-electron chi connectivity index (χ0n) is 6.23. The molecule has 2 aliphatic carbocycles. The van der Waals surface area contributed by atoms with Crippen molar-refractivity contribution < 1.29 is 9.59 Å². The SMILES string of the molecule is CC1(C)C(=O)C2(CC2)C1=O. The van der Waals surface area contributed by atoms with Gasteiger partial charge in [0, 0.05) is 0 Å². The Kier molecular flexibility index (Phi) is 0.730. The van der Waals surface area contributed by atoms with Crippen LogP contribution < -0.4 is 0 Å². The summed E-state index contributed by atoms with van der Waals surface area (Å²) in [7, 11) is 0. The van der Waals surface area contributed by atoms with Crippen LogP contribution in [-0.4, -0.2) is 11.6 Å². The molecule has 0 aliphatic heterocycles. The molecule has 2 aliphatic rings. The van der Waals surface area contributed by atoms with Gasteiger partial charge in [-0.3, -0.25) is 9.59 Å². The maximum atomic E-state index is 11.3. The van der Waals surface area contributed by atoms with E-state index in [0.717, 1.165) is 12.8 Å². The van der Waals surface area contributed by atoms with Gasteiger partial charge in [0.2, 0.25) is 0 Å². The Morgan fingerprint density at radius 3 is 1.70 bits per heavy atom. The Hall–Kier alpha value is -0.660. The fourth-order valence-electron chi connectivity index (χ4n) is 1.92. The summed E-state index contributed by atoms with van der Waals surface area (Å²) in [6, 6.07) is 0. The Morgan fingerprint density at radius 2 is 1.50 bits per heavy atom. The first-order valence-corrected chi connectivity index (χ1v) is 3.62. The molecule has 0 saturated heterocycles. The second-order valence-corrected chi connectivity index (χ2v) is 3.87. The molecule has 0 atom stereocenters. The van der Waals surface area contributed by atoms with Gasteiger partial charge in [0.15, 0.2) is 11.6 Å². The first kappa shape index (κ1) is 6.08. The highest BCUT2D eigenvalue weighted by molar-refractivity contribution is 6.32. The van der Waals surface area contributed by atoms with Crippen LogP contribution in [0.2, 0.25) is 0 Å². The highest BCUT2D eigenvalue weighted by Crippen LogP contribution is 2.62. The van der Waals surface area contributed by atoms with Gasteiger partial charge in [0.25, 0.3) is 0 Å². The van der Waals surface area contributed by atoms with Crippen LogP contribution in [0.3, 0.4) is 0 Å². The monoisotopic (exact) mass is 138 g/mol. The van der Waals surface area contributed by atoms with Crippen LogP contribution in [-0.2, 0) is 9.59 Å². The summed E-state index contributed by atoms with van der Waals surface area (Å²) >= 11 is 0. The maximum absolute atomic E-state index is 11.3. The van der Waals surface area contributed by atoms with Gasteiger partial charge in [-0.2, -0.15) is 0 Å². The van der Waals surface area contributed by atoms with Gasteiger partial charge in [-0.25, -0.2) is 0 Å². The summed E-state index contributed by atoms with van der Waals surface area (Å²) in [5, 5.41) is 0. The maximum Gasteiger partial charge on any atom is 0.159 e. The third-order valence-corrected chi connectivity index (χ3v) is 2.75. The van der Waals surface area contributed by atoms with Crippen molar-refractivity contribution in [2.24, 2.45) is 10.8 Å². The van der Waals surface area contributed by atoms with Gasteiger partial charge >= 0.3 is 0 Å². The zero-order chi connectivity index (χ0) is 7.57. The van der Waals surface area contributed by atoms with Gasteiger partial charge < -0.3 is 0 Å². The minimum Gasteiger partial charge on any atom is -0.297 e. The lowest BCUT2D eigenvalue weighted by Gasteiger charge is -2.38. The summed E-state index contributed by atoms with van der Waals surface area (Å²) in [6.07, 6.45) is 1.63. The molecule has 2 saturated carbocycles. The molecule has 10 heavy (non-hydrogen) atoms. The predicted octanol–water partition coefficient (Wildman–Crippen LogP) is 0.945. The second kappa shape index (κ2) is 1.20. The summed E-state index contributed by atoms with van der Waals surface area (Å²) in [6.45, 7) is 3.45. The lowest BCUT2D eigenvalue weighted by molar-refractivity contribution is -0.160. The van der Waals surface area contributed by atoms with Crippen molar-refractivity contribution in [3.05, 3.63) is 0 Å². The van der Waals surface area contributed by atoms with Crippen LogP contribution in [0.15, 0.2) is 0 Å². The van der Waals surface area contributed by atoms with Gasteiger partial charge in [-0.1, -0.05) is 0 Å². The van der Waals surface area contributed by atoms with Crippen molar-refractivity contribution in [2.45, 2.75) is 26.7 Å². The number of ketones is 2. The minimum absolute atomic E-state index is 0.171. The molecule has 0 aromatic heterocycles. The summed E-state index contributed by atoms with van der Waals surface area (Å²) in [5.74, 6) is 0.343. The molecule has 0 unspecified atom stereocenters. The smallest absolute Gasteiger partial charge is 0.159 e. The third-order valence-electron chi connectivity index (χ3n) is 2.75. The van der Waals surface area contributed by atoms with Crippen molar-refractivity contribution in [3.8, 4) is 0 Å². The van der Waals surface area contributed by atoms with E-state index in [0.29, 0.717) is 0 Å². The second-order valence-electron chi connectivity index (χ2n) is 3.87. The normalized spacial score (nSPS) is 32.2. The highest BCUT2D eigenvalue weighted by atomic mass is 16.2. The van der Waals surface area contributed by atoms with Crippen LogP contribution in [0, 0.1) is 10.8 Å². The molecule has 0 N–H and O–H groups in total. The van der Waals surface area contributed by atoms with Crippen molar-refractivity contribution in [1.29, 1.82) is 0 Å². The summed E-state index contributed by atoms with van der Waals surface area (Å²) in [4.78, 5) is 22.5. The number of carbonyl (C=O) groups is 2. The van der Waals surface area contributed by atoms with E-state index in [1.54, 1.807) is 13.8 Å². The third kappa shape index (κ3) is 0.367. The van der Waals surface area contributed by atoms with Gasteiger partial charge in [-0.15, -0.1) is 0 Å². The van der Waals surface area contributed by atoms with E-state index in [-0.39, 0.29) is 11.6 Å².